The van der Waals surface area contributed by atoms with Gasteiger partial charge in [0.05, 0.1) is 11.2 Å². The first kappa shape index (κ1) is 54.0. The van der Waals surface area contributed by atoms with Crippen molar-refractivity contribution < 1.29 is 4.42 Å². The first-order valence-corrected chi connectivity index (χ1v) is 30.9. The monoisotopic (exact) mass is 1100 g/mol. The van der Waals surface area contributed by atoms with E-state index >= 15 is 0 Å². The second-order valence-electron chi connectivity index (χ2n) is 29.4. The van der Waals surface area contributed by atoms with Crippen LogP contribution in [-0.4, -0.2) is 12.3 Å². The fourth-order valence-corrected chi connectivity index (χ4v) is 15.0. The van der Waals surface area contributed by atoms with Gasteiger partial charge in [0.2, 0.25) is 0 Å². The Balaban J connectivity index is 1.07. The Bertz CT molecular complexity index is 4110. The van der Waals surface area contributed by atoms with Crippen LogP contribution < -0.4 is 36.0 Å². The van der Waals surface area contributed by atoms with Gasteiger partial charge in [0, 0.05) is 79.1 Å². The van der Waals surface area contributed by atoms with Crippen LogP contribution in [0, 0.1) is 0 Å². The third kappa shape index (κ3) is 8.39. The molecule has 1 fully saturated rings. The molecule has 0 radical (unpaired) electrons. The van der Waals surface area contributed by atoms with E-state index in [1.807, 2.05) is 0 Å². The predicted octanol–water partition coefficient (Wildman–Crippen LogP) is 20.1. The summed E-state index contributed by atoms with van der Waals surface area (Å²) >= 11 is 0. The lowest BCUT2D eigenvalue weighted by atomic mass is 9.33. The third-order valence-corrected chi connectivity index (χ3v) is 20.0. The van der Waals surface area contributed by atoms with Crippen LogP contribution in [0.1, 0.15) is 150 Å². The van der Waals surface area contributed by atoms with Gasteiger partial charge in [-0.05, 0) is 183 Å². The smallest absolute Gasteiger partial charge is 0.252 e. The molecule has 0 bridgehead atoms. The van der Waals surface area contributed by atoms with Crippen molar-refractivity contribution in [2.45, 2.75) is 155 Å². The zero-order chi connectivity index (χ0) is 58.6. The van der Waals surface area contributed by atoms with Crippen molar-refractivity contribution >= 4 is 108 Å². The van der Waals surface area contributed by atoms with Crippen LogP contribution in [0.2, 0.25) is 0 Å². The Labute approximate surface area is 500 Å². The molecule has 0 amide bonds. The molecule has 14 rings (SSSR count). The number of nitrogens with zero attached hydrogens (tertiary/aromatic N) is 4. The van der Waals surface area contributed by atoms with Gasteiger partial charge >= 0.3 is 0 Å². The highest BCUT2D eigenvalue weighted by Crippen LogP contribution is 2.62. The molecule has 4 aliphatic rings. The predicted molar refractivity (Wildman–Crippen MR) is 360 cm³/mol. The second kappa shape index (κ2) is 18.8. The number of hydrogen-bond acceptors (Lipinski definition) is 5. The van der Waals surface area contributed by atoms with Gasteiger partial charge in [0.25, 0.3) is 6.71 Å². The van der Waals surface area contributed by atoms with E-state index in [-0.39, 0.29) is 39.3 Å². The third-order valence-electron chi connectivity index (χ3n) is 20.0. The average Bonchev–Trinajstić information content (AvgIpc) is 2.09. The largest absolute Gasteiger partial charge is 0.456 e. The van der Waals surface area contributed by atoms with Crippen molar-refractivity contribution in [3.05, 3.63) is 216 Å². The highest BCUT2D eigenvalue weighted by molar-refractivity contribution is 7.00. The molecule has 1 saturated carbocycles. The van der Waals surface area contributed by atoms with Crippen LogP contribution in [0.5, 0.6) is 0 Å². The fourth-order valence-electron chi connectivity index (χ4n) is 15.0. The summed E-state index contributed by atoms with van der Waals surface area (Å²) in [5.74, 6) is 0. The lowest BCUT2D eigenvalue weighted by Crippen LogP contribution is -2.64. The molecule has 4 heterocycles. The molecule has 2 atom stereocenters. The lowest BCUT2D eigenvalue weighted by molar-refractivity contribution is 0.195. The number of anilines is 11. The number of furan rings is 1. The number of rotatable bonds is 7. The van der Waals surface area contributed by atoms with E-state index in [1.165, 1.54) is 74.1 Å². The van der Waals surface area contributed by atoms with Crippen molar-refractivity contribution in [2.24, 2.45) is 0 Å². The van der Waals surface area contributed by atoms with Gasteiger partial charge in [-0.3, -0.25) is 0 Å². The maximum absolute atomic E-state index is 6.81. The van der Waals surface area contributed by atoms with Crippen molar-refractivity contribution in [1.82, 2.24) is 0 Å². The topological polar surface area (TPSA) is 26.1 Å². The summed E-state index contributed by atoms with van der Waals surface area (Å²) in [6.45, 7) is 32.7. The van der Waals surface area contributed by atoms with Crippen molar-refractivity contribution in [1.29, 1.82) is 0 Å². The Hall–Kier alpha value is -7.96. The number of para-hydroxylation sites is 2. The second-order valence-corrected chi connectivity index (χ2v) is 29.4. The molecular weight excluding hydrogens is 1020 g/mol. The van der Waals surface area contributed by atoms with E-state index in [2.05, 4.69) is 305 Å². The minimum Gasteiger partial charge on any atom is -0.456 e. The normalized spacial score (nSPS) is 18.2. The highest BCUT2D eigenvalue weighted by atomic mass is 16.3. The molecule has 422 valence electrons. The zero-order valence-corrected chi connectivity index (χ0v) is 52.0. The standard InChI is InChI=1S/C78H81BN4O/c1-73(2,3)50-24-32-54(33-25-50)80(55-34-26-51(27-35-55)74(4,5)6)58-41-43-66-65(46-58)79-64-22-19-21-63-72(64)83(78(14)45-18-17-44-77(63,78)13)68-48-60(47-67(71(68)79)82(66)59-40-42-62-61-20-15-16-23-69(61)84-70(62)49-59)81(56-36-28-52(29-37-56)75(7,8)9)57-38-30-53(31-39-57)76(10,11)12/h15-16,19-43,46-49H,17-18,44-45H2,1-14H3. The summed E-state index contributed by atoms with van der Waals surface area (Å²) in [7, 11) is 0. The molecule has 84 heavy (non-hydrogen) atoms. The maximum Gasteiger partial charge on any atom is 0.252 e. The minimum absolute atomic E-state index is 0.00512. The van der Waals surface area contributed by atoms with Gasteiger partial charge < -0.3 is 24.0 Å². The number of hydrogen-bond donors (Lipinski definition) is 0. The summed E-state index contributed by atoms with van der Waals surface area (Å²) < 4.78 is 6.81. The molecule has 10 aromatic rings. The molecule has 1 aliphatic carbocycles. The molecule has 5 nitrogen and oxygen atoms in total. The summed E-state index contributed by atoms with van der Waals surface area (Å²) in [6.07, 6.45) is 4.68. The quantitative estimate of drug-likeness (QED) is 0.148. The molecule has 0 spiro atoms. The van der Waals surface area contributed by atoms with Crippen LogP contribution in [0.15, 0.2) is 192 Å². The molecular formula is C78H81BN4O. The van der Waals surface area contributed by atoms with E-state index in [9.17, 15) is 0 Å². The fraction of sp³-hybridized carbons (Fsp3) is 0.308. The van der Waals surface area contributed by atoms with Crippen molar-refractivity contribution in [2.75, 3.05) is 19.6 Å². The van der Waals surface area contributed by atoms with E-state index in [1.54, 1.807) is 0 Å². The molecule has 0 saturated heterocycles. The molecule has 2 unspecified atom stereocenters. The Morgan fingerprint density at radius 3 is 1.45 bits per heavy atom. The van der Waals surface area contributed by atoms with Crippen LogP contribution >= 0.6 is 0 Å². The minimum atomic E-state index is -0.177. The number of benzene rings is 9. The maximum atomic E-state index is 6.81. The SMILES string of the molecule is CC(C)(C)c1ccc(N(c2ccc(C(C)(C)C)cc2)c2ccc3c(c2)B2c4cccc5c4N(c4cc(N(c6ccc(C(C)(C)C)cc6)c6ccc(C(C)(C)C)cc6)cc(c42)N3c2ccc3c(c2)oc2ccccc23)C2(C)CCCCC52C)cc1. The van der Waals surface area contributed by atoms with Crippen molar-refractivity contribution in [3.63, 3.8) is 0 Å². The highest BCUT2D eigenvalue weighted by Gasteiger charge is 2.61. The van der Waals surface area contributed by atoms with Crippen LogP contribution in [-0.2, 0) is 27.1 Å². The lowest BCUT2D eigenvalue weighted by Gasteiger charge is -2.53. The van der Waals surface area contributed by atoms with Gasteiger partial charge in [-0.25, -0.2) is 0 Å². The summed E-state index contributed by atoms with van der Waals surface area (Å²) in [4.78, 5) is 10.5. The van der Waals surface area contributed by atoms with E-state index in [0.29, 0.717) is 0 Å². The molecule has 3 aliphatic heterocycles. The number of fused-ring (bicyclic) bond motifs is 10. The first-order chi connectivity index (χ1) is 39.9. The summed E-state index contributed by atoms with van der Waals surface area (Å²) in [6, 6.07) is 72.5. The average molecular weight is 1100 g/mol. The van der Waals surface area contributed by atoms with E-state index in [0.717, 1.165) is 80.3 Å². The van der Waals surface area contributed by atoms with Crippen LogP contribution in [0.4, 0.5) is 62.6 Å². The van der Waals surface area contributed by atoms with Gasteiger partial charge in [0.15, 0.2) is 0 Å². The Morgan fingerprint density at radius 1 is 0.417 bits per heavy atom. The van der Waals surface area contributed by atoms with Gasteiger partial charge in [0.1, 0.15) is 11.2 Å². The zero-order valence-electron chi connectivity index (χ0n) is 52.0. The summed E-state index contributed by atoms with van der Waals surface area (Å²) in [5.41, 5.74) is 25.2. The Kier molecular flexibility index (Phi) is 12.1. The van der Waals surface area contributed by atoms with Crippen LogP contribution in [0.25, 0.3) is 21.9 Å². The van der Waals surface area contributed by atoms with Crippen molar-refractivity contribution in [3.8, 4) is 0 Å². The molecule has 6 heteroatoms. The van der Waals surface area contributed by atoms with Gasteiger partial charge in [-0.2, -0.15) is 0 Å². The Morgan fingerprint density at radius 2 is 0.905 bits per heavy atom. The molecule has 0 N–H and O–H groups in total. The van der Waals surface area contributed by atoms with E-state index in [4.69, 9.17) is 4.42 Å². The molecule has 1 aromatic heterocycles. The summed E-state index contributed by atoms with van der Waals surface area (Å²) in [5, 5.41) is 2.25. The van der Waals surface area contributed by atoms with E-state index < -0.39 is 0 Å². The van der Waals surface area contributed by atoms with Gasteiger partial charge in [-0.1, -0.05) is 188 Å². The van der Waals surface area contributed by atoms with Crippen LogP contribution in [0.3, 0.4) is 0 Å². The molecule has 9 aromatic carbocycles. The first-order valence-electron chi connectivity index (χ1n) is 30.9. The van der Waals surface area contributed by atoms with Gasteiger partial charge in [-0.15, -0.1) is 0 Å².